The summed E-state index contributed by atoms with van der Waals surface area (Å²) in [5.74, 6) is 0.640. The van der Waals surface area contributed by atoms with E-state index in [1.807, 2.05) is 86.6 Å². The van der Waals surface area contributed by atoms with Crippen molar-refractivity contribution in [2.24, 2.45) is 28.1 Å². The number of ether oxygens (including phenoxy) is 3. The quantitative estimate of drug-likeness (QED) is 0.134. The van der Waals surface area contributed by atoms with Gasteiger partial charge < -0.3 is 14.2 Å². The minimum Gasteiger partial charge on any atom is -0.426 e. The molecule has 0 aliphatic heterocycles. The summed E-state index contributed by atoms with van der Waals surface area (Å²) in [6, 6.07) is 12.3. The molecule has 42 heavy (non-hydrogen) atoms. The molecule has 0 saturated heterocycles. The predicted molar refractivity (Wildman–Crippen MR) is 169 cm³/mol. The SMILES string of the molecule is CCC(C)(C)C(=O)Oc1cc(/C=C\c2ccc(OC(=O)C(C)(C)CC(C)C)cc2)cc(OC(=O)C(C)(CC)C(C)C)c1. The monoisotopic (exact) mass is 578 g/mol. The third kappa shape index (κ3) is 9.30. The number of rotatable bonds is 13. The molecule has 6 heteroatoms. The molecule has 2 aromatic carbocycles. The van der Waals surface area contributed by atoms with E-state index in [1.165, 1.54) is 0 Å². The van der Waals surface area contributed by atoms with Crippen LogP contribution in [0.25, 0.3) is 12.2 Å². The second kappa shape index (κ2) is 14.2. The molecule has 0 bridgehead atoms. The first-order valence-corrected chi connectivity index (χ1v) is 15.0. The van der Waals surface area contributed by atoms with Gasteiger partial charge in [0.15, 0.2) is 0 Å². The fourth-order valence-electron chi connectivity index (χ4n) is 4.40. The van der Waals surface area contributed by atoms with Gasteiger partial charge in [0.05, 0.1) is 16.2 Å². The topological polar surface area (TPSA) is 78.9 Å². The Balaban J connectivity index is 2.33. The molecule has 6 nitrogen and oxygen atoms in total. The molecule has 0 heterocycles. The van der Waals surface area contributed by atoms with Crippen LogP contribution in [0.4, 0.5) is 0 Å². The Bertz CT molecular complexity index is 1270. The highest BCUT2D eigenvalue weighted by Gasteiger charge is 2.37. The van der Waals surface area contributed by atoms with E-state index in [0.29, 0.717) is 41.6 Å². The van der Waals surface area contributed by atoms with Crippen LogP contribution in [0.5, 0.6) is 17.2 Å². The lowest BCUT2D eigenvalue weighted by molar-refractivity contribution is -0.148. The number of carbonyl (C=O) groups excluding carboxylic acids is 3. The highest BCUT2D eigenvalue weighted by Crippen LogP contribution is 2.35. The molecule has 230 valence electrons. The van der Waals surface area contributed by atoms with Crippen molar-refractivity contribution >= 4 is 30.1 Å². The van der Waals surface area contributed by atoms with Gasteiger partial charge in [-0.3, -0.25) is 14.4 Å². The summed E-state index contributed by atoms with van der Waals surface area (Å²) >= 11 is 0. The van der Waals surface area contributed by atoms with Gasteiger partial charge in [-0.15, -0.1) is 0 Å². The van der Waals surface area contributed by atoms with Gasteiger partial charge in [-0.2, -0.15) is 0 Å². The molecule has 0 aromatic heterocycles. The Hall–Kier alpha value is -3.41. The van der Waals surface area contributed by atoms with Gasteiger partial charge in [-0.25, -0.2) is 0 Å². The van der Waals surface area contributed by atoms with Crippen LogP contribution < -0.4 is 14.2 Å². The molecule has 0 saturated carbocycles. The first kappa shape index (κ1) is 34.8. The van der Waals surface area contributed by atoms with Crippen LogP contribution >= 0.6 is 0 Å². The van der Waals surface area contributed by atoms with E-state index in [2.05, 4.69) is 13.8 Å². The first-order chi connectivity index (χ1) is 19.4. The Kier molecular flexibility index (Phi) is 11.7. The summed E-state index contributed by atoms with van der Waals surface area (Å²) in [6.45, 7) is 21.5. The van der Waals surface area contributed by atoms with Crippen LogP contribution in [-0.4, -0.2) is 17.9 Å². The maximum atomic E-state index is 13.2. The fourth-order valence-corrected chi connectivity index (χ4v) is 4.40. The van der Waals surface area contributed by atoms with Gasteiger partial charge >= 0.3 is 17.9 Å². The molecule has 0 N–H and O–H groups in total. The molecular formula is C36H50O6. The van der Waals surface area contributed by atoms with E-state index in [1.54, 1.807) is 30.3 Å². The van der Waals surface area contributed by atoms with Crippen LogP contribution in [0.2, 0.25) is 0 Å². The smallest absolute Gasteiger partial charge is 0.317 e. The molecule has 0 amide bonds. The van der Waals surface area contributed by atoms with Gasteiger partial charge in [0, 0.05) is 6.07 Å². The molecule has 2 rings (SSSR count). The van der Waals surface area contributed by atoms with Gasteiger partial charge in [-0.1, -0.05) is 65.8 Å². The third-order valence-electron chi connectivity index (χ3n) is 8.27. The maximum absolute atomic E-state index is 13.2. The largest absolute Gasteiger partial charge is 0.426 e. The number of benzene rings is 2. The number of carbonyl (C=O) groups is 3. The molecule has 0 aliphatic carbocycles. The van der Waals surface area contributed by atoms with Crippen LogP contribution in [0.3, 0.4) is 0 Å². The Labute approximate surface area is 252 Å². The van der Waals surface area contributed by atoms with E-state index >= 15 is 0 Å². The summed E-state index contributed by atoms with van der Waals surface area (Å²) in [6.07, 6.45) is 5.74. The van der Waals surface area contributed by atoms with Crippen molar-refractivity contribution in [1.82, 2.24) is 0 Å². The maximum Gasteiger partial charge on any atom is 0.317 e. The Morgan fingerprint density at radius 1 is 0.643 bits per heavy atom. The first-order valence-electron chi connectivity index (χ1n) is 15.0. The summed E-state index contributed by atoms with van der Waals surface area (Å²) in [5, 5.41) is 0. The van der Waals surface area contributed by atoms with E-state index < -0.39 is 16.2 Å². The van der Waals surface area contributed by atoms with E-state index in [4.69, 9.17) is 14.2 Å². The predicted octanol–water partition coefficient (Wildman–Crippen LogP) is 9.15. The molecule has 0 fully saturated rings. The van der Waals surface area contributed by atoms with Crippen molar-refractivity contribution in [3.63, 3.8) is 0 Å². The molecule has 2 aromatic rings. The molecule has 0 spiro atoms. The lowest BCUT2D eigenvalue weighted by Crippen LogP contribution is -2.36. The standard InChI is InChI=1S/C36H50O6/c1-12-34(7,8)31(37)41-29-20-27(21-30(22-29)42-33(39)36(11,13-2)25(5)6)15-14-26-16-18-28(19-17-26)40-32(38)35(9,10)23-24(3)4/h14-22,24-25H,12-13,23H2,1-11H3/b15-14-. The number of esters is 3. The lowest BCUT2D eigenvalue weighted by Gasteiger charge is -2.29. The van der Waals surface area contributed by atoms with Crippen molar-refractivity contribution in [2.45, 2.75) is 95.4 Å². The molecule has 1 atom stereocenters. The van der Waals surface area contributed by atoms with Gasteiger partial charge in [0.2, 0.25) is 0 Å². The normalized spacial score (nSPS) is 13.7. The Morgan fingerprint density at radius 3 is 1.60 bits per heavy atom. The van der Waals surface area contributed by atoms with E-state index in [-0.39, 0.29) is 23.8 Å². The molecule has 1 unspecified atom stereocenters. The minimum atomic E-state index is -0.656. The molecule has 0 radical (unpaired) electrons. The van der Waals surface area contributed by atoms with Crippen LogP contribution in [0, 0.1) is 28.1 Å². The lowest BCUT2D eigenvalue weighted by atomic mass is 9.77. The zero-order chi connectivity index (χ0) is 31.9. The average molecular weight is 579 g/mol. The number of hydrogen-bond donors (Lipinski definition) is 0. The third-order valence-corrected chi connectivity index (χ3v) is 8.27. The van der Waals surface area contributed by atoms with Gasteiger partial charge in [-0.05, 0) is 101 Å². The number of hydrogen-bond acceptors (Lipinski definition) is 6. The van der Waals surface area contributed by atoms with E-state index in [9.17, 15) is 14.4 Å². The van der Waals surface area contributed by atoms with Crippen molar-refractivity contribution in [1.29, 1.82) is 0 Å². The summed E-state index contributed by atoms with van der Waals surface area (Å²) in [7, 11) is 0. The van der Waals surface area contributed by atoms with Crippen molar-refractivity contribution in [2.75, 3.05) is 0 Å². The van der Waals surface area contributed by atoms with Crippen LogP contribution in [0.1, 0.15) is 107 Å². The molecule has 0 aliphatic rings. The van der Waals surface area contributed by atoms with Crippen LogP contribution in [-0.2, 0) is 14.4 Å². The summed E-state index contributed by atoms with van der Waals surface area (Å²) < 4.78 is 17.2. The second-order valence-corrected chi connectivity index (χ2v) is 13.5. The average Bonchev–Trinajstić information content (AvgIpc) is 2.91. The van der Waals surface area contributed by atoms with Crippen molar-refractivity contribution < 1.29 is 28.6 Å². The van der Waals surface area contributed by atoms with E-state index in [0.717, 1.165) is 12.0 Å². The fraction of sp³-hybridized carbons (Fsp3) is 0.528. The highest BCUT2D eigenvalue weighted by atomic mass is 16.5. The van der Waals surface area contributed by atoms with Crippen LogP contribution in [0.15, 0.2) is 42.5 Å². The summed E-state index contributed by atoms with van der Waals surface area (Å²) in [4.78, 5) is 38.7. The van der Waals surface area contributed by atoms with Gasteiger partial charge in [0.1, 0.15) is 17.2 Å². The highest BCUT2D eigenvalue weighted by molar-refractivity contribution is 5.81. The zero-order valence-corrected chi connectivity index (χ0v) is 27.4. The summed E-state index contributed by atoms with van der Waals surface area (Å²) in [5.41, 5.74) is -0.301. The Morgan fingerprint density at radius 2 is 1.12 bits per heavy atom. The second-order valence-electron chi connectivity index (χ2n) is 13.5. The van der Waals surface area contributed by atoms with Crippen molar-refractivity contribution in [3.05, 3.63) is 53.6 Å². The van der Waals surface area contributed by atoms with Crippen molar-refractivity contribution in [3.8, 4) is 17.2 Å². The minimum absolute atomic E-state index is 0.0873. The van der Waals surface area contributed by atoms with Gasteiger partial charge in [0.25, 0.3) is 0 Å². The zero-order valence-electron chi connectivity index (χ0n) is 27.4. The molecular weight excluding hydrogens is 528 g/mol.